The van der Waals surface area contributed by atoms with E-state index in [1.807, 2.05) is 35.8 Å². The zero-order chi connectivity index (χ0) is 21.5. The molecule has 0 radical (unpaired) electrons. The summed E-state index contributed by atoms with van der Waals surface area (Å²) in [4.78, 5) is 13.8. The van der Waals surface area contributed by atoms with Gasteiger partial charge in [-0.3, -0.25) is 4.57 Å². The van der Waals surface area contributed by atoms with Crippen LogP contribution in [0.15, 0.2) is 48.5 Å². The molecule has 7 heteroatoms. The molecule has 4 rings (SSSR count). The summed E-state index contributed by atoms with van der Waals surface area (Å²) in [6.45, 7) is 5.50. The van der Waals surface area contributed by atoms with Gasteiger partial charge in [0, 0.05) is 17.7 Å². The molecule has 0 aliphatic rings. The van der Waals surface area contributed by atoms with E-state index in [0.717, 1.165) is 11.3 Å². The summed E-state index contributed by atoms with van der Waals surface area (Å²) in [7, 11) is 0. The molecule has 0 amide bonds. The lowest BCUT2D eigenvalue weighted by Gasteiger charge is -2.16. The normalized spacial score (nSPS) is 11.9. The highest BCUT2D eigenvalue weighted by atomic mass is 19.1. The van der Waals surface area contributed by atoms with E-state index < -0.39 is 5.60 Å². The number of nitrogens with zero attached hydrogens (tertiary/aromatic N) is 4. The lowest BCUT2D eigenvalue weighted by molar-refractivity contribution is 0.0708. The molecule has 2 aromatic heterocycles. The highest BCUT2D eigenvalue weighted by Crippen LogP contribution is 2.30. The first-order valence-corrected chi connectivity index (χ1v) is 9.81. The first kappa shape index (κ1) is 20.0. The predicted molar refractivity (Wildman–Crippen MR) is 116 cm³/mol. The van der Waals surface area contributed by atoms with Crippen LogP contribution in [0.25, 0.3) is 28.2 Å². The highest BCUT2D eigenvalue weighted by Gasteiger charge is 2.21. The van der Waals surface area contributed by atoms with Crippen LogP contribution in [0.2, 0.25) is 0 Å². The third kappa shape index (κ3) is 4.02. The van der Waals surface area contributed by atoms with Crippen molar-refractivity contribution in [2.45, 2.75) is 39.2 Å². The van der Waals surface area contributed by atoms with Crippen LogP contribution in [0.3, 0.4) is 0 Å². The van der Waals surface area contributed by atoms with Crippen molar-refractivity contribution in [3.63, 3.8) is 0 Å². The number of aliphatic hydroxyl groups is 1. The highest BCUT2D eigenvalue weighted by molar-refractivity contribution is 5.87. The zero-order valence-corrected chi connectivity index (χ0v) is 17.2. The van der Waals surface area contributed by atoms with Crippen molar-refractivity contribution in [2.75, 3.05) is 5.73 Å². The van der Waals surface area contributed by atoms with E-state index in [1.165, 1.54) is 12.1 Å². The number of hydrogen-bond acceptors (Lipinski definition) is 5. The van der Waals surface area contributed by atoms with Gasteiger partial charge in [-0.2, -0.15) is 0 Å². The van der Waals surface area contributed by atoms with Crippen LogP contribution in [-0.4, -0.2) is 30.2 Å². The van der Waals surface area contributed by atoms with Crippen molar-refractivity contribution < 1.29 is 9.50 Å². The quantitative estimate of drug-likeness (QED) is 0.519. The molecule has 0 aliphatic carbocycles. The molecule has 0 saturated carbocycles. The lowest BCUT2D eigenvalue weighted by atomic mass is 10.0. The molecular formula is C23H24FN5O. The Morgan fingerprint density at radius 1 is 1.07 bits per heavy atom. The van der Waals surface area contributed by atoms with Gasteiger partial charge in [-0.15, -0.1) is 0 Å². The van der Waals surface area contributed by atoms with Crippen molar-refractivity contribution in [3.8, 4) is 17.1 Å². The Balaban J connectivity index is 1.95. The minimum atomic E-state index is -0.836. The second-order valence-corrected chi connectivity index (χ2v) is 8.13. The van der Waals surface area contributed by atoms with Gasteiger partial charge < -0.3 is 10.8 Å². The Kier molecular flexibility index (Phi) is 4.99. The summed E-state index contributed by atoms with van der Waals surface area (Å²) in [6.07, 6.45) is 0.964. The maximum absolute atomic E-state index is 13.9. The van der Waals surface area contributed by atoms with Crippen molar-refractivity contribution in [1.82, 2.24) is 19.5 Å². The average Bonchev–Trinajstić information content (AvgIpc) is 3.07. The summed E-state index contributed by atoms with van der Waals surface area (Å²) in [5.41, 5.74) is 8.98. The Labute approximate surface area is 174 Å². The lowest BCUT2D eigenvalue weighted by Crippen LogP contribution is -2.20. The number of imidazole rings is 1. The van der Waals surface area contributed by atoms with Crippen molar-refractivity contribution >= 4 is 17.0 Å². The first-order chi connectivity index (χ1) is 14.2. The number of halogens is 1. The third-order valence-electron chi connectivity index (χ3n) is 4.92. The number of rotatable bonds is 5. The summed E-state index contributed by atoms with van der Waals surface area (Å²) in [5, 5.41) is 10.1. The maximum Gasteiger partial charge on any atom is 0.170 e. The minimum absolute atomic E-state index is 0.259. The van der Waals surface area contributed by atoms with Gasteiger partial charge in [0.05, 0.1) is 5.60 Å². The van der Waals surface area contributed by atoms with Gasteiger partial charge in [0.2, 0.25) is 0 Å². The number of aryl methyl sites for hydroxylation is 2. The van der Waals surface area contributed by atoms with Crippen molar-refractivity contribution in [3.05, 3.63) is 65.7 Å². The monoisotopic (exact) mass is 405 g/mol. The van der Waals surface area contributed by atoms with Gasteiger partial charge in [-0.1, -0.05) is 29.8 Å². The molecule has 0 aliphatic heterocycles. The topological polar surface area (TPSA) is 89.9 Å². The van der Waals surface area contributed by atoms with Gasteiger partial charge in [0.15, 0.2) is 17.0 Å². The van der Waals surface area contributed by atoms with Gasteiger partial charge in [0.1, 0.15) is 17.5 Å². The fourth-order valence-electron chi connectivity index (χ4n) is 3.32. The standard InChI is InChI=1S/C23H24FN5O/c1-14-7-9-17(10-8-14)29-21(15-5-4-6-16(24)13-15)28-19-20(25)26-18(27-22(19)29)11-12-23(2,3)30/h4-10,13,30H,11-12H2,1-3H3,(H2,25,26,27). The number of anilines is 1. The summed E-state index contributed by atoms with van der Waals surface area (Å²) < 4.78 is 15.8. The molecule has 6 nitrogen and oxygen atoms in total. The van der Waals surface area contributed by atoms with Crippen LogP contribution >= 0.6 is 0 Å². The Hall–Kier alpha value is -3.32. The molecule has 30 heavy (non-hydrogen) atoms. The molecule has 2 aromatic carbocycles. The van der Waals surface area contributed by atoms with E-state index in [0.29, 0.717) is 41.2 Å². The van der Waals surface area contributed by atoms with Crippen LogP contribution in [0, 0.1) is 12.7 Å². The predicted octanol–water partition coefficient (Wildman–Crippen LogP) is 4.22. The van der Waals surface area contributed by atoms with Gasteiger partial charge in [-0.25, -0.2) is 19.3 Å². The molecule has 3 N–H and O–H groups in total. The minimum Gasteiger partial charge on any atom is -0.390 e. The molecule has 2 heterocycles. The Bertz CT molecular complexity index is 1210. The Morgan fingerprint density at radius 2 is 1.80 bits per heavy atom. The molecule has 154 valence electrons. The summed E-state index contributed by atoms with van der Waals surface area (Å²) in [5.74, 6) is 0.976. The molecule has 0 bridgehead atoms. The van der Waals surface area contributed by atoms with Gasteiger partial charge >= 0.3 is 0 Å². The van der Waals surface area contributed by atoms with E-state index in [9.17, 15) is 9.50 Å². The van der Waals surface area contributed by atoms with Crippen LogP contribution in [0.4, 0.5) is 10.2 Å². The molecule has 4 aromatic rings. The van der Waals surface area contributed by atoms with E-state index in [-0.39, 0.29) is 11.6 Å². The molecule has 0 saturated heterocycles. The van der Waals surface area contributed by atoms with Crippen LogP contribution in [0.5, 0.6) is 0 Å². The second kappa shape index (κ2) is 7.50. The number of nitrogens with two attached hydrogens (primary N) is 1. The van der Waals surface area contributed by atoms with E-state index in [1.54, 1.807) is 26.0 Å². The fourth-order valence-corrected chi connectivity index (χ4v) is 3.32. The molecular weight excluding hydrogens is 381 g/mol. The smallest absolute Gasteiger partial charge is 0.170 e. The van der Waals surface area contributed by atoms with E-state index in [2.05, 4.69) is 9.97 Å². The van der Waals surface area contributed by atoms with Crippen LogP contribution in [-0.2, 0) is 6.42 Å². The maximum atomic E-state index is 13.9. The molecule has 0 spiro atoms. The molecule has 0 fully saturated rings. The summed E-state index contributed by atoms with van der Waals surface area (Å²) >= 11 is 0. The fraction of sp³-hybridized carbons (Fsp3) is 0.261. The van der Waals surface area contributed by atoms with E-state index in [4.69, 9.17) is 10.7 Å². The van der Waals surface area contributed by atoms with Crippen LogP contribution in [0.1, 0.15) is 31.7 Å². The SMILES string of the molecule is Cc1ccc(-n2c(-c3cccc(F)c3)nc3c(N)nc(CCC(C)(C)O)nc32)cc1. The van der Waals surface area contributed by atoms with Crippen LogP contribution < -0.4 is 5.73 Å². The summed E-state index contributed by atoms with van der Waals surface area (Å²) in [6, 6.07) is 14.2. The largest absolute Gasteiger partial charge is 0.390 e. The van der Waals surface area contributed by atoms with Crippen molar-refractivity contribution in [2.24, 2.45) is 0 Å². The number of benzene rings is 2. The van der Waals surface area contributed by atoms with E-state index >= 15 is 0 Å². The number of nitrogen functional groups attached to an aromatic ring is 1. The van der Waals surface area contributed by atoms with Gasteiger partial charge in [0.25, 0.3) is 0 Å². The number of hydrogen-bond donors (Lipinski definition) is 2. The molecule has 0 unspecified atom stereocenters. The molecule has 0 atom stereocenters. The Morgan fingerprint density at radius 3 is 2.47 bits per heavy atom. The zero-order valence-electron chi connectivity index (χ0n) is 17.2. The second-order valence-electron chi connectivity index (χ2n) is 8.13. The number of fused-ring (bicyclic) bond motifs is 1. The average molecular weight is 405 g/mol. The van der Waals surface area contributed by atoms with Crippen molar-refractivity contribution in [1.29, 1.82) is 0 Å². The first-order valence-electron chi connectivity index (χ1n) is 9.81. The third-order valence-corrected chi connectivity index (χ3v) is 4.92. The van der Waals surface area contributed by atoms with Gasteiger partial charge in [-0.05, 0) is 51.5 Å². The number of aromatic nitrogens is 4.